The van der Waals surface area contributed by atoms with Gasteiger partial charge in [0.2, 0.25) is 5.91 Å². The summed E-state index contributed by atoms with van der Waals surface area (Å²) in [7, 11) is 0. The Morgan fingerprint density at radius 1 is 1.24 bits per heavy atom. The number of amides is 2. The molecule has 1 N–H and O–H groups in total. The van der Waals surface area contributed by atoms with Gasteiger partial charge in [-0.15, -0.1) is 0 Å². The maximum absolute atomic E-state index is 12.0. The van der Waals surface area contributed by atoms with Crippen LogP contribution in [0.25, 0.3) is 0 Å². The highest BCUT2D eigenvalue weighted by molar-refractivity contribution is 6.30. The Morgan fingerprint density at radius 3 is 2.43 bits per heavy atom. The quantitative estimate of drug-likeness (QED) is 0.909. The Balaban J connectivity index is 1.82. The van der Waals surface area contributed by atoms with Crippen LogP contribution in [0.5, 0.6) is 0 Å². The predicted molar refractivity (Wildman–Crippen MR) is 83.4 cm³/mol. The maximum Gasteiger partial charge on any atom is 0.251 e. The monoisotopic (exact) mass is 308 g/mol. The van der Waals surface area contributed by atoms with Crippen LogP contribution in [0.3, 0.4) is 0 Å². The number of nitrogens with one attached hydrogen (secondary N) is 1. The summed E-state index contributed by atoms with van der Waals surface area (Å²) in [5.74, 6) is -0.0516. The van der Waals surface area contributed by atoms with E-state index in [4.69, 9.17) is 11.6 Å². The van der Waals surface area contributed by atoms with Gasteiger partial charge in [0.25, 0.3) is 5.91 Å². The molecule has 1 aromatic rings. The van der Waals surface area contributed by atoms with Crippen molar-refractivity contribution in [3.8, 4) is 0 Å². The normalized spacial score (nSPS) is 15.0. The van der Waals surface area contributed by atoms with Crippen LogP contribution in [0.1, 0.15) is 43.0 Å². The van der Waals surface area contributed by atoms with Crippen LogP contribution in [-0.2, 0) is 4.79 Å². The molecule has 0 radical (unpaired) electrons. The van der Waals surface area contributed by atoms with Crippen LogP contribution in [0.2, 0.25) is 5.02 Å². The maximum atomic E-state index is 12.0. The van der Waals surface area contributed by atoms with Gasteiger partial charge in [-0.3, -0.25) is 9.59 Å². The average molecular weight is 309 g/mol. The second-order valence-electron chi connectivity index (χ2n) is 5.41. The summed E-state index contributed by atoms with van der Waals surface area (Å²) < 4.78 is 0. The van der Waals surface area contributed by atoms with Crippen molar-refractivity contribution in [2.45, 2.75) is 38.6 Å². The van der Waals surface area contributed by atoms with E-state index >= 15 is 0 Å². The van der Waals surface area contributed by atoms with Gasteiger partial charge in [-0.1, -0.05) is 24.4 Å². The molecule has 1 aromatic carbocycles. The molecule has 5 heteroatoms. The first-order valence-electron chi connectivity index (χ1n) is 7.39. The van der Waals surface area contributed by atoms with Gasteiger partial charge in [0, 0.05) is 36.6 Å². The molecule has 1 aliphatic carbocycles. The number of hydrogen-bond acceptors (Lipinski definition) is 2. The number of nitrogens with zero attached hydrogens (tertiary/aromatic N) is 1. The van der Waals surface area contributed by atoms with E-state index in [1.54, 1.807) is 31.2 Å². The molecule has 0 spiro atoms. The summed E-state index contributed by atoms with van der Waals surface area (Å²) in [6.07, 6.45) is 4.52. The molecule has 1 saturated carbocycles. The van der Waals surface area contributed by atoms with E-state index < -0.39 is 0 Å². The number of hydrogen-bond donors (Lipinski definition) is 1. The van der Waals surface area contributed by atoms with E-state index in [-0.39, 0.29) is 11.8 Å². The molecule has 1 aliphatic rings. The molecule has 0 aliphatic heterocycles. The number of carbonyl (C=O) groups excluding carboxylic acids is 2. The first-order valence-corrected chi connectivity index (χ1v) is 7.76. The minimum Gasteiger partial charge on any atom is -0.350 e. The Morgan fingerprint density at radius 2 is 1.86 bits per heavy atom. The number of benzene rings is 1. The van der Waals surface area contributed by atoms with Crippen LogP contribution in [0.15, 0.2) is 24.3 Å². The molecule has 21 heavy (non-hydrogen) atoms. The minimum atomic E-state index is -0.137. The molecular weight excluding hydrogens is 288 g/mol. The molecule has 0 atom stereocenters. The van der Waals surface area contributed by atoms with Crippen molar-refractivity contribution in [2.75, 3.05) is 13.1 Å². The zero-order valence-electron chi connectivity index (χ0n) is 12.3. The van der Waals surface area contributed by atoms with Crippen LogP contribution in [-0.4, -0.2) is 35.8 Å². The molecule has 2 rings (SSSR count). The van der Waals surface area contributed by atoms with Crippen molar-refractivity contribution < 1.29 is 9.59 Å². The zero-order valence-corrected chi connectivity index (χ0v) is 13.0. The fourth-order valence-corrected chi connectivity index (χ4v) is 2.93. The summed E-state index contributed by atoms with van der Waals surface area (Å²) in [4.78, 5) is 25.6. The lowest BCUT2D eigenvalue weighted by Crippen LogP contribution is -2.42. The van der Waals surface area contributed by atoms with E-state index in [0.29, 0.717) is 29.7 Å². The molecule has 2 amide bonds. The van der Waals surface area contributed by atoms with Crippen LogP contribution >= 0.6 is 11.6 Å². The highest BCUT2D eigenvalue weighted by atomic mass is 35.5. The van der Waals surface area contributed by atoms with Gasteiger partial charge in [0.1, 0.15) is 0 Å². The molecule has 114 valence electrons. The van der Waals surface area contributed by atoms with Crippen molar-refractivity contribution in [2.24, 2.45) is 0 Å². The smallest absolute Gasteiger partial charge is 0.251 e. The standard InChI is InChI=1S/C16H21ClN2O2/c1-12(20)19(15-4-2-3-5-15)11-10-18-16(21)13-6-8-14(17)9-7-13/h6-9,15H,2-5,10-11H2,1H3,(H,18,21). The Hall–Kier alpha value is -1.55. The second kappa shape index (κ2) is 7.46. The van der Waals surface area contributed by atoms with Gasteiger partial charge >= 0.3 is 0 Å². The highest BCUT2D eigenvalue weighted by Gasteiger charge is 2.24. The molecule has 0 heterocycles. The first kappa shape index (κ1) is 15.8. The molecule has 4 nitrogen and oxygen atoms in total. The molecule has 1 fully saturated rings. The van der Waals surface area contributed by atoms with E-state index in [1.165, 1.54) is 12.8 Å². The zero-order chi connectivity index (χ0) is 15.2. The van der Waals surface area contributed by atoms with Crippen molar-refractivity contribution in [3.63, 3.8) is 0 Å². The molecule has 0 saturated heterocycles. The van der Waals surface area contributed by atoms with E-state index in [0.717, 1.165) is 12.8 Å². The summed E-state index contributed by atoms with van der Waals surface area (Å²) >= 11 is 5.79. The van der Waals surface area contributed by atoms with Gasteiger partial charge in [-0.05, 0) is 37.1 Å². The Labute approximate surface area is 130 Å². The fourth-order valence-electron chi connectivity index (χ4n) is 2.81. The highest BCUT2D eigenvalue weighted by Crippen LogP contribution is 2.23. The van der Waals surface area contributed by atoms with Crippen molar-refractivity contribution >= 4 is 23.4 Å². The third-order valence-corrected chi connectivity index (χ3v) is 4.17. The third-order valence-electron chi connectivity index (χ3n) is 3.91. The van der Waals surface area contributed by atoms with E-state index in [2.05, 4.69) is 5.32 Å². The Kier molecular flexibility index (Phi) is 5.62. The lowest BCUT2D eigenvalue weighted by molar-refractivity contribution is -0.130. The average Bonchev–Trinajstić information content (AvgIpc) is 2.97. The fraction of sp³-hybridized carbons (Fsp3) is 0.500. The minimum absolute atomic E-state index is 0.0858. The van der Waals surface area contributed by atoms with Gasteiger partial charge in [-0.2, -0.15) is 0 Å². The van der Waals surface area contributed by atoms with Crippen molar-refractivity contribution in [3.05, 3.63) is 34.9 Å². The van der Waals surface area contributed by atoms with Gasteiger partial charge < -0.3 is 10.2 Å². The van der Waals surface area contributed by atoms with Gasteiger partial charge in [0.05, 0.1) is 0 Å². The van der Waals surface area contributed by atoms with Gasteiger partial charge in [0.15, 0.2) is 0 Å². The third kappa shape index (κ3) is 4.46. The summed E-state index contributed by atoms with van der Waals surface area (Å²) in [6.45, 7) is 2.64. The van der Waals surface area contributed by atoms with Crippen LogP contribution in [0.4, 0.5) is 0 Å². The van der Waals surface area contributed by atoms with Gasteiger partial charge in [-0.25, -0.2) is 0 Å². The SMILES string of the molecule is CC(=O)N(CCNC(=O)c1ccc(Cl)cc1)C1CCCC1. The van der Waals surface area contributed by atoms with Crippen molar-refractivity contribution in [1.82, 2.24) is 10.2 Å². The number of rotatable bonds is 5. The molecular formula is C16H21ClN2O2. The topological polar surface area (TPSA) is 49.4 Å². The summed E-state index contributed by atoms with van der Waals surface area (Å²) in [5.41, 5.74) is 0.578. The van der Waals surface area contributed by atoms with E-state index in [9.17, 15) is 9.59 Å². The second-order valence-corrected chi connectivity index (χ2v) is 5.85. The molecule has 0 bridgehead atoms. The molecule has 0 unspecified atom stereocenters. The number of halogens is 1. The number of carbonyl (C=O) groups is 2. The molecule has 0 aromatic heterocycles. The summed E-state index contributed by atoms with van der Waals surface area (Å²) in [5, 5.41) is 3.46. The predicted octanol–water partition coefficient (Wildman–Crippen LogP) is 2.86. The van der Waals surface area contributed by atoms with E-state index in [1.807, 2.05) is 4.90 Å². The summed E-state index contributed by atoms with van der Waals surface area (Å²) in [6, 6.07) is 7.11. The largest absolute Gasteiger partial charge is 0.350 e. The lowest BCUT2D eigenvalue weighted by Gasteiger charge is -2.27. The van der Waals surface area contributed by atoms with Crippen LogP contribution < -0.4 is 5.32 Å². The Bertz CT molecular complexity index is 496. The van der Waals surface area contributed by atoms with Crippen molar-refractivity contribution in [1.29, 1.82) is 0 Å². The van der Waals surface area contributed by atoms with Crippen LogP contribution in [0, 0.1) is 0 Å². The lowest BCUT2D eigenvalue weighted by atomic mass is 10.2. The first-order chi connectivity index (χ1) is 10.1.